The maximum Gasteiger partial charge on any atom is 0.0917 e. The molecule has 0 saturated heterocycles. The fraction of sp³-hybridized carbons (Fsp3) is 0.562. The predicted molar refractivity (Wildman–Crippen MR) is 77.8 cm³/mol. The zero-order valence-corrected chi connectivity index (χ0v) is 12.3. The molecule has 0 bridgehead atoms. The number of hydrogen-bond acceptors (Lipinski definition) is 3. The van der Waals surface area contributed by atoms with Crippen LogP contribution in [0.4, 0.5) is 0 Å². The molecule has 1 aromatic rings. The minimum Gasteiger partial charge on any atom is -0.387 e. The Kier molecular flexibility index (Phi) is 6.01. The second kappa shape index (κ2) is 7.28. The average molecular weight is 260 g/mol. The average Bonchev–Trinajstić information content (AvgIpc) is 2.36. The van der Waals surface area contributed by atoms with E-state index in [-0.39, 0.29) is 5.92 Å². The number of aryl methyl sites for hydroxylation is 2. The van der Waals surface area contributed by atoms with Crippen molar-refractivity contribution in [2.24, 2.45) is 5.92 Å². The number of aliphatic hydroxyl groups is 1. The molecule has 0 aromatic heterocycles. The van der Waals surface area contributed by atoms with Gasteiger partial charge in [-0.15, -0.1) is 0 Å². The Morgan fingerprint density at radius 3 is 2.26 bits per heavy atom. The highest BCUT2D eigenvalue weighted by Crippen LogP contribution is 2.18. The van der Waals surface area contributed by atoms with Crippen molar-refractivity contribution in [1.29, 1.82) is 5.26 Å². The second-order valence-electron chi connectivity index (χ2n) is 5.32. The highest BCUT2D eigenvalue weighted by molar-refractivity contribution is 5.30. The first-order valence-corrected chi connectivity index (χ1v) is 6.84. The first kappa shape index (κ1) is 15.7. The van der Waals surface area contributed by atoms with Gasteiger partial charge < -0.3 is 5.11 Å². The van der Waals surface area contributed by atoms with Gasteiger partial charge in [0.2, 0.25) is 0 Å². The molecule has 1 N–H and O–H groups in total. The molecule has 0 fully saturated rings. The highest BCUT2D eigenvalue weighted by Gasteiger charge is 2.15. The molecule has 2 unspecified atom stereocenters. The van der Waals surface area contributed by atoms with Crippen LogP contribution in [0.5, 0.6) is 0 Å². The molecule has 0 aliphatic carbocycles. The lowest BCUT2D eigenvalue weighted by molar-refractivity contribution is 0.112. The molecule has 0 saturated carbocycles. The third kappa shape index (κ3) is 5.02. The standard InChI is InChI=1S/C16H24N2O/c1-5-18(10-14(4)9-17)11-16(19)15-7-12(2)6-13(3)8-15/h6-8,14,16,19H,5,10-11H2,1-4H3. The van der Waals surface area contributed by atoms with Gasteiger partial charge in [0.25, 0.3) is 0 Å². The minimum atomic E-state index is -0.496. The summed E-state index contributed by atoms with van der Waals surface area (Å²) in [5.74, 6) is -0.00797. The van der Waals surface area contributed by atoms with Crippen molar-refractivity contribution >= 4 is 0 Å². The fourth-order valence-electron chi connectivity index (χ4n) is 2.31. The van der Waals surface area contributed by atoms with E-state index in [0.717, 1.165) is 12.1 Å². The van der Waals surface area contributed by atoms with E-state index in [1.54, 1.807) is 0 Å². The van der Waals surface area contributed by atoms with Crippen LogP contribution in [0.15, 0.2) is 18.2 Å². The first-order valence-electron chi connectivity index (χ1n) is 6.84. The van der Waals surface area contributed by atoms with Crippen LogP contribution in [0.2, 0.25) is 0 Å². The molecule has 19 heavy (non-hydrogen) atoms. The number of rotatable bonds is 6. The molecule has 0 aliphatic rings. The first-order chi connectivity index (χ1) is 8.96. The summed E-state index contributed by atoms with van der Waals surface area (Å²) in [4.78, 5) is 2.12. The molecule has 2 atom stereocenters. The quantitative estimate of drug-likeness (QED) is 0.855. The van der Waals surface area contributed by atoms with Crippen LogP contribution in [0, 0.1) is 31.1 Å². The molecule has 1 rings (SSSR count). The monoisotopic (exact) mass is 260 g/mol. The minimum absolute atomic E-state index is 0.00797. The number of hydrogen-bond donors (Lipinski definition) is 1. The SMILES string of the molecule is CCN(CC(C)C#N)CC(O)c1cc(C)cc(C)c1. The summed E-state index contributed by atoms with van der Waals surface area (Å²) < 4.78 is 0. The molecule has 0 radical (unpaired) electrons. The van der Waals surface area contributed by atoms with E-state index in [1.807, 2.05) is 32.9 Å². The van der Waals surface area contributed by atoms with Gasteiger partial charge in [-0.25, -0.2) is 0 Å². The van der Waals surface area contributed by atoms with Gasteiger partial charge in [-0.1, -0.05) is 36.2 Å². The van der Waals surface area contributed by atoms with E-state index in [2.05, 4.69) is 24.0 Å². The van der Waals surface area contributed by atoms with Gasteiger partial charge >= 0.3 is 0 Å². The van der Waals surface area contributed by atoms with Crippen LogP contribution in [0.25, 0.3) is 0 Å². The maximum atomic E-state index is 10.3. The summed E-state index contributed by atoms with van der Waals surface area (Å²) >= 11 is 0. The van der Waals surface area contributed by atoms with Gasteiger partial charge in [0.05, 0.1) is 18.1 Å². The Morgan fingerprint density at radius 2 is 1.79 bits per heavy atom. The van der Waals surface area contributed by atoms with E-state index >= 15 is 0 Å². The smallest absolute Gasteiger partial charge is 0.0917 e. The summed E-state index contributed by atoms with van der Waals surface area (Å²) in [5, 5.41) is 19.2. The molecular formula is C16H24N2O. The van der Waals surface area contributed by atoms with Gasteiger partial charge in [0.15, 0.2) is 0 Å². The van der Waals surface area contributed by atoms with Crippen LogP contribution in [-0.2, 0) is 0 Å². The molecular weight excluding hydrogens is 236 g/mol. The third-order valence-electron chi connectivity index (χ3n) is 3.26. The molecule has 0 heterocycles. The van der Waals surface area contributed by atoms with Gasteiger partial charge in [-0.05, 0) is 32.9 Å². The summed E-state index contributed by atoms with van der Waals surface area (Å²) in [6, 6.07) is 8.39. The van der Waals surface area contributed by atoms with Gasteiger partial charge in [0.1, 0.15) is 0 Å². The van der Waals surface area contributed by atoms with E-state index in [0.29, 0.717) is 13.1 Å². The Morgan fingerprint density at radius 1 is 1.21 bits per heavy atom. The van der Waals surface area contributed by atoms with Crippen molar-refractivity contribution < 1.29 is 5.11 Å². The molecule has 0 aliphatic heterocycles. The normalized spacial score (nSPS) is 14.2. The van der Waals surface area contributed by atoms with Gasteiger partial charge in [-0.3, -0.25) is 4.90 Å². The van der Waals surface area contributed by atoms with E-state index in [4.69, 9.17) is 5.26 Å². The van der Waals surface area contributed by atoms with E-state index < -0.39 is 6.10 Å². The van der Waals surface area contributed by atoms with Crippen LogP contribution in [0.3, 0.4) is 0 Å². The zero-order valence-electron chi connectivity index (χ0n) is 12.3. The summed E-state index contributed by atoms with van der Waals surface area (Å²) in [7, 11) is 0. The summed E-state index contributed by atoms with van der Waals surface area (Å²) in [5.41, 5.74) is 3.30. The van der Waals surface area contributed by atoms with Crippen molar-refractivity contribution in [2.75, 3.05) is 19.6 Å². The van der Waals surface area contributed by atoms with Crippen molar-refractivity contribution in [3.05, 3.63) is 34.9 Å². The van der Waals surface area contributed by atoms with E-state index in [9.17, 15) is 5.11 Å². The van der Waals surface area contributed by atoms with Crippen LogP contribution in [-0.4, -0.2) is 29.6 Å². The van der Waals surface area contributed by atoms with Crippen molar-refractivity contribution in [2.45, 2.75) is 33.8 Å². The number of benzene rings is 1. The van der Waals surface area contributed by atoms with Crippen molar-refractivity contribution in [3.63, 3.8) is 0 Å². The van der Waals surface area contributed by atoms with Crippen molar-refractivity contribution in [1.82, 2.24) is 4.90 Å². The molecule has 0 amide bonds. The van der Waals surface area contributed by atoms with Gasteiger partial charge in [0, 0.05) is 13.1 Å². The Labute approximate surface area is 116 Å². The zero-order chi connectivity index (χ0) is 14.4. The molecule has 0 spiro atoms. The lowest BCUT2D eigenvalue weighted by atomic mass is 10.0. The molecule has 3 heteroatoms. The number of nitrogens with zero attached hydrogens (tertiary/aromatic N) is 2. The van der Waals surface area contributed by atoms with Crippen LogP contribution in [0.1, 0.15) is 36.6 Å². The third-order valence-corrected chi connectivity index (χ3v) is 3.26. The largest absolute Gasteiger partial charge is 0.387 e. The topological polar surface area (TPSA) is 47.3 Å². The fourth-order valence-corrected chi connectivity index (χ4v) is 2.31. The molecule has 3 nitrogen and oxygen atoms in total. The Balaban J connectivity index is 2.71. The number of aliphatic hydroxyl groups excluding tert-OH is 1. The summed E-state index contributed by atoms with van der Waals surface area (Å²) in [6.45, 7) is 10.2. The highest BCUT2D eigenvalue weighted by atomic mass is 16.3. The van der Waals surface area contributed by atoms with Gasteiger partial charge in [-0.2, -0.15) is 5.26 Å². The lowest BCUT2D eigenvalue weighted by Gasteiger charge is -2.25. The second-order valence-corrected chi connectivity index (χ2v) is 5.32. The maximum absolute atomic E-state index is 10.3. The lowest BCUT2D eigenvalue weighted by Crippen LogP contribution is -2.32. The van der Waals surface area contributed by atoms with Crippen molar-refractivity contribution in [3.8, 4) is 6.07 Å². The van der Waals surface area contributed by atoms with E-state index in [1.165, 1.54) is 11.1 Å². The molecule has 104 valence electrons. The number of nitriles is 1. The Bertz CT molecular complexity index is 430. The Hall–Kier alpha value is -1.37. The molecule has 1 aromatic carbocycles. The number of likely N-dealkylation sites (N-methyl/N-ethyl adjacent to an activating group) is 1. The predicted octanol–water partition coefficient (Wildman–Crippen LogP) is 2.82. The van der Waals surface area contributed by atoms with Crippen LogP contribution < -0.4 is 0 Å². The van der Waals surface area contributed by atoms with Crippen LogP contribution >= 0.6 is 0 Å². The summed E-state index contributed by atoms with van der Waals surface area (Å²) in [6.07, 6.45) is -0.496.